The molecule has 0 bridgehead atoms. The second-order valence-corrected chi connectivity index (χ2v) is 8.38. The maximum Gasteiger partial charge on any atom is 0.414 e. The summed E-state index contributed by atoms with van der Waals surface area (Å²) in [6.45, 7) is 0.567. The molecule has 29 heavy (non-hydrogen) atoms. The van der Waals surface area contributed by atoms with Crippen molar-refractivity contribution in [3.8, 4) is 5.88 Å². The number of ether oxygens (including phenoxy) is 2. The normalized spacial score (nSPS) is 21.1. The third-order valence-electron chi connectivity index (χ3n) is 4.68. The highest BCUT2D eigenvalue weighted by molar-refractivity contribution is 7.99. The fraction of sp³-hybridized carbons (Fsp3) is 0.350. The number of amides is 2. The van der Waals surface area contributed by atoms with E-state index in [-0.39, 0.29) is 18.6 Å². The number of cyclic esters (lactones) is 1. The van der Waals surface area contributed by atoms with Crippen molar-refractivity contribution in [1.29, 1.82) is 0 Å². The number of halogens is 1. The molecule has 1 aromatic heterocycles. The number of aromatic nitrogens is 1. The van der Waals surface area contributed by atoms with Gasteiger partial charge in [0.2, 0.25) is 5.88 Å². The van der Waals surface area contributed by atoms with Gasteiger partial charge in [0.15, 0.2) is 0 Å². The second kappa shape index (κ2) is 8.92. The standard InChI is InChI=1S/C20H20ClN3O4S/c21-14-2-4-15(5-3-14)24-11-17(28-20(24)26)10-23-19(25)13-1-6-18(22-9-13)27-16-7-8-29-12-16/h1-6,9,16-17H,7-8,10-12H2,(H,23,25). The molecular weight excluding hydrogens is 414 g/mol. The SMILES string of the molecule is O=C(NCC1CN(c2ccc(Cl)cc2)C(=O)O1)c1ccc(OC2CCSC2)nc1. The van der Waals surface area contributed by atoms with Crippen LogP contribution in [-0.2, 0) is 4.74 Å². The zero-order valence-corrected chi connectivity index (χ0v) is 17.1. The predicted molar refractivity (Wildman–Crippen MR) is 112 cm³/mol. The van der Waals surface area contributed by atoms with E-state index in [1.54, 1.807) is 36.4 Å². The van der Waals surface area contributed by atoms with Crippen LogP contribution in [0.2, 0.25) is 5.02 Å². The molecule has 2 saturated heterocycles. The van der Waals surface area contributed by atoms with Crippen molar-refractivity contribution in [3.05, 3.63) is 53.2 Å². The van der Waals surface area contributed by atoms with Gasteiger partial charge in [-0.1, -0.05) is 11.6 Å². The number of pyridine rings is 1. The Morgan fingerprint density at radius 3 is 2.83 bits per heavy atom. The van der Waals surface area contributed by atoms with Gasteiger partial charge in [-0.2, -0.15) is 11.8 Å². The predicted octanol–water partition coefficient (Wildman–Crippen LogP) is 3.37. The van der Waals surface area contributed by atoms with Crippen LogP contribution in [0.5, 0.6) is 5.88 Å². The molecule has 2 fully saturated rings. The smallest absolute Gasteiger partial charge is 0.414 e. The molecule has 1 aromatic carbocycles. The maximum atomic E-state index is 12.4. The molecule has 7 nitrogen and oxygen atoms in total. The molecule has 152 valence electrons. The zero-order chi connectivity index (χ0) is 20.2. The lowest BCUT2D eigenvalue weighted by molar-refractivity contribution is 0.0915. The average Bonchev–Trinajstić information content (AvgIpc) is 3.37. The summed E-state index contributed by atoms with van der Waals surface area (Å²) in [6.07, 6.45) is 1.82. The van der Waals surface area contributed by atoms with Gasteiger partial charge in [-0.15, -0.1) is 0 Å². The molecule has 4 rings (SSSR count). The summed E-state index contributed by atoms with van der Waals surface area (Å²) in [5.74, 6) is 2.32. The van der Waals surface area contributed by atoms with Gasteiger partial charge < -0.3 is 14.8 Å². The highest BCUT2D eigenvalue weighted by Gasteiger charge is 2.32. The summed E-state index contributed by atoms with van der Waals surface area (Å²) >= 11 is 7.75. The van der Waals surface area contributed by atoms with E-state index in [2.05, 4.69) is 10.3 Å². The maximum absolute atomic E-state index is 12.4. The number of nitrogens with one attached hydrogen (secondary N) is 1. The van der Waals surface area contributed by atoms with E-state index in [1.165, 1.54) is 11.1 Å². The lowest BCUT2D eigenvalue weighted by Gasteiger charge is -2.13. The summed E-state index contributed by atoms with van der Waals surface area (Å²) in [4.78, 5) is 30.2. The Bertz CT molecular complexity index is 872. The summed E-state index contributed by atoms with van der Waals surface area (Å²) in [7, 11) is 0. The zero-order valence-electron chi connectivity index (χ0n) is 15.5. The van der Waals surface area contributed by atoms with Crippen molar-refractivity contribution < 1.29 is 19.1 Å². The van der Waals surface area contributed by atoms with Gasteiger partial charge in [0, 0.05) is 28.7 Å². The Kier molecular flexibility index (Phi) is 6.10. The van der Waals surface area contributed by atoms with Gasteiger partial charge in [0.25, 0.3) is 5.91 Å². The average molecular weight is 434 g/mol. The molecule has 0 radical (unpaired) electrons. The topological polar surface area (TPSA) is 80.8 Å². The summed E-state index contributed by atoms with van der Waals surface area (Å²) < 4.78 is 11.1. The quantitative estimate of drug-likeness (QED) is 0.752. The Labute approximate surface area is 177 Å². The molecule has 2 aliphatic rings. The van der Waals surface area contributed by atoms with Crippen LogP contribution in [0.15, 0.2) is 42.6 Å². The van der Waals surface area contributed by atoms with Gasteiger partial charge in [-0.05, 0) is 42.5 Å². The number of nitrogens with zero attached hydrogens (tertiary/aromatic N) is 2. The Balaban J connectivity index is 1.28. The number of benzene rings is 1. The van der Waals surface area contributed by atoms with Crippen LogP contribution >= 0.6 is 23.4 Å². The molecule has 0 saturated carbocycles. The number of anilines is 1. The Morgan fingerprint density at radius 2 is 2.14 bits per heavy atom. The third kappa shape index (κ3) is 4.94. The number of carbonyl (C=O) groups is 2. The van der Waals surface area contributed by atoms with Crippen LogP contribution in [0, 0.1) is 0 Å². The van der Waals surface area contributed by atoms with Gasteiger partial charge in [0.05, 0.1) is 18.7 Å². The van der Waals surface area contributed by atoms with Gasteiger partial charge >= 0.3 is 6.09 Å². The van der Waals surface area contributed by atoms with E-state index >= 15 is 0 Å². The fourth-order valence-corrected chi connectivity index (χ4v) is 4.35. The summed E-state index contributed by atoms with van der Waals surface area (Å²) in [5, 5.41) is 3.38. The minimum atomic E-state index is -0.445. The number of carbonyl (C=O) groups excluding carboxylic acids is 2. The van der Waals surface area contributed by atoms with Crippen LogP contribution in [0.1, 0.15) is 16.8 Å². The number of thioether (sulfide) groups is 1. The number of hydrogen-bond acceptors (Lipinski definition) is 6. The van der Waals surface area contributed by atoms with Crippen molar-refractivity contribution in [1.82, 2.24) is 10.3 Å². The van der Waals surface area contributed by atoms with E-state index in [1.807, 2.05) is 11.8 Å². The van der Waals surface area contributed by atoms with Crippen molar-refractivity contribution >= 4 is 41.1 Å². The van der Waals surface area contributed by atoms with Crippen LogP contribution in [0.25, 0.3) is 0 Å². The lowest BCUT2D eigenvalue weighted by atomic mass is 10.2. The first-order valence-corrected chi connectivity index (χ1v) is 10.8. The van der Waals surface area contributed by atoms with Crippen LogP contribution < -0.4 is 15.0 Å². The van der Waals surface area contributed by atoms with Crippen molar-refractivity contribution in [2.24, 2.45) is 0 Å². The second-order valence-electron chi connectivity index (χ2n) is 6.79. The molecule has 1 N–H and O–H groups in total. The van der Waals surface area contributed by atoms with Gasteiger partial charge in [0.1, 0.15) is 12.2 Å². The first-order chi connectivity index (χ1) is 14.1. The van der Waals surface area contributed by atoms with E-state index in [4.69, 9.17) is 21.1 Å². The third-order valence-corrected chi connectivity index (χ3v) is 6.06. The largest absolute Gasteiger partial charge is 0.473 e. The molecule has 2 aromatic rings. The lowest BCUT2D eigenvalue weighted by Crippen LogP contribution is -2.34. The van der Waals surface area contributed by atoms with E-state index in [9.17, 15) is 9.59 Å². The van der Waals surface area contributed by atoms with E-state index in [0.717, 1.165) is 17.9 Å². The molecular formula is C20H20ClN3O4S. The molecule has 3 heterocycles. The summed E-state index contributed by atoms with van der Waals surface area (Å²) in [6, 6.07) is 10.3. The molecule has 2 atom stereocenters. The van der Waals surface area contributed by atoms with Crippen LogP contribution in [0.4, 0.5) is 10.5 Å². The van der Waals surface area contributed by atoms with Crippen molar-refractivity contribution in [2.75, 3.05) is 29.5 Å². The van der Waals surface area contributed by atoms with Crippen molar-refractivity contribution in [3.63, 3.8) is 0 Å². The fourth-order valence-electron chi connectivity index (χ4n) is 3.13. The van der Waals surface area contributed by atoms with Crippen molar-refractivity contribution in [2.45, 2.75) is 18.6 Å². The highest BCUT2D eigenvalue weighted by atomic mass is 35.5. The first kappa shape index (κ1) is 19.8. The molecule has 2 aliphatic heterocycles. The highest BCUT2D eigenvalue weighted by Crippen LogP contribution is 2.24. The number of rotatable bonds is 6. The Hall–Kier alpha value is -2.45. The van der Waals surface area contributed by atoms with Crippen LogP contribution in [0.3, 0.4) is 0 Å². The molecule has 0 aliphatic carbocycles. The van der Waals surface area contributed by atoms with Gasteiger partial charge in [-0.3, -0.25) is 9.69 Å². The Morgan fingerprint density at radius 1 is 1.31 bits per heavy atom. The number of hydrogen-bond donors (Lipinski definition) is 1. The van der Waals surface area contributed by atoms with Gasteiger partial charge in [-0.25, -0.2) is 9.78 Å². The van der Waals surface area contributed by atoms with E-state index in [0.29, 0.717) is 28.7 Å². The summed E-state index contributed by atoms with van der Waals surface area (Å²) in [5.41, 5.74) is 1.13. The molecule has 2 amide bonds. The van der Waals surface area contributed by atoms with Crippen LogP contribution in [-0.4, -0.2) is 53.8 Å². The minimum absolute atomic E-state index is 0.188. The minimum Gasteiger partial charge on any atom is -0.473 e. The first-order valence-electron chi connectivity index (χ1n) is 9.31. The molecule has 2 unspecified atom stereocenters. The van der Waals surface area contributed by atoms with E-state index < -0.39 is 12.2 Å². The molecule has 9 heteroatoms. The monoisotopic (exact) mass is 433 g/mol. The molecule has 0 spiro atoms.